The number of nitrogens with zero attached hydrogens (tertiary/aromatic N) is 2. The van der Waals surface area contributed by atoms with E-state index in [9.17, 15) is 10.1 Å². The number of nitriles is 1. The fraction of sp³-hybridized carbons (Fsp3) is 0.105. The molecular formula is C19H15N3OS. The van der Waals surface area contributed by atoms with E-state index >= 15 is 0 Å². The van der Waals surface area contributed by atoms with E-state index in [2.05, 4.69) is 16.4 Å². The van der Waals surface area contributed by atoms with Gasteiger partial charge in [0.25, 0.3) is 0 Å². The largest absolute Gasteiger partial charge is 0.325 e. The fourth-order valence-corrected chi connectivity index (χ4v) is 3.02. The van der Waals surface area contributed by atoms with Crippen LogP contribution in [0.1, 0.15) is 11.1 Å². The molecule has 1 amide bonds. The smallest absolute Gasteiger partial charge is 0.234 e. The first-order chi connectivity index (χ1) is 11.7. The Hall–Kier alpha value is -2.84. The molecule has 1 aromatic heterocycles. The highest BCUT2D eigenvalue weighted by Crippen LogP contribution is 2.24. The predicted molar refractivity (Wildman–Crippen MR) is 97.0 cm³/mol. The zero-order chi connectivity index (χ0) is 16.9. The average Bonchev–Trinajstić information content (AvgIpc) is 2.61. The zero-order valence-electron chi connectivity index (χ0n) is 13.1. The summed E-state index contributed by atoms with van der Waals surface area (Å²) in [4.78, 5) is 16.6. The Balaban J connectivity index is 1.71. The van der Waals surface area contributed by atoms with Crippen molar-refractivity contribution in [3.63, 3.8) is 0 Å². The Morgan fingerprint density at radius 2 is 1.96 bits per heavy atom. The van der Waals surface area contributed by atoms with Crippen LogP contribution in [0.15, 0.2) is 59.6 Å². The van der Waals surface area contributed by atoms with Crippen molar-refractivity contribution in [2.45, 2.75) is 11.9 Å². The summed E-state index contributed by atoms with van der Waals surface area (Å²) >= 11 is 1.27. The quantitative estimate of drug-likeness (QED) is 0.729. The molecule has 2 aromatic carbocycles. The Bertz CT molecular complexity index is 929. The number of hydrogen-bond donors (Lipinski definition) is 1. The van der Waals surface area contributed by atoms with Crippen LogP contribution in [-0.4, -0.2) is 16.6 Å². The molecule has 4 nitrogen and oxygen atoms in total. The lowest BCUT2D eigenvalue weighted by Crippen LogP contribution is -2.14. The summed E-state index contributed by atoms with van der Waals surface area (Å²) in [5, 5.41) is 13.6. The van der Waals surface area contributed by atoms with Gasteiger partial charge in [0.15, 0.2) is 0 Å². The summed E-state index contributed by atoms with van der Waals surface area (Å²) in [7, 11) is 0. The van der Waals surface area contributed by atoms with Gasteiger partial charge < -0.3 is 5.32 Å². The summed E-state index contributed by atoms with van der Waals surface area (Å²) in [6.07, 6.45) is 0. The molecule has 24 heavy (non-hydrogen) atoms. The van der Waals surface area contributed by atoms with Crippen LogP contribution < -0.4 is 5.32 Å². The van der Waals surface area contributed by atoms with Crippen molar-refractivity contribution in [2.24, 2.45) is 0 Å². The Morgan fingerprint density at radius 3 is 2.71 bits per heavy atom. The second kappa shape index (κ2) is 7.16. The second-order valence-corrected chi connectivity index (χ2v) is 6.31. The summed E-state index contributed by atoms with van der Waals surface area (Å²) in [5.74, 6) is 0.0798. The van der Waals surface area contributed by atoms with Gasteiger partial charge >= 0.3 is 0 Å². The van der Waals surface area contributed by atoms with E-state index in [-0.39, 0.29) is 11.7 Å². The predicted octanol–water partition coefficient (Wildman–Crippen LogP) is 4.15. The van der Waals surface area contributed by atoms with Crippen molar-refractivity contribution in [3.05, 3.63) is 65.7 Å². The second-order valence-electron chi connectivity index (χ2n) is 5.35. The van der Waals surface area contributed by atoms with Crippen molar-refractivity contribution >= 4 is 34.3 Å². The lowest BCUT2D eigenvalue weighted by molar-refractivity contribution is -0.113. The van der Waals surface area contributed by atoms with Gasteiger partial charge in [0.2, 0.25) is 5.91 Å². The molecule has 0 atom stereocenters. The zero-order valence-corrected chi connectivity index (χ0v) is 13.9. The van der Waals surface area contributed by atoms with Gasteiger partial charge in [0.1, 0.15) is 11.1 Å². The molecule has 0 bridgehead atoms. The topological polar surface area (TPSA) is 65.8 Å². The third kappa shape index (κ3) is 3.73. The number of amides is 1. The molecule has 0 aliphatic carbocycles. The number of thioether (sulfide) groups is 1. The lowest BCUT2D eigenvalue weighted by atomic mass is 10.2. The van der Waals surface area contributed by atoms with Gasteiger partial charge in [-0.2, -0.15) is 5.26 Å². The van der Waals surface area contributed by atoms with Crippen molar-refractivity contribution in [1.82, 2.24) is 4.98 Å². The number of para-hydroxylation sites is 1. The number of nitrogens with one attached hydrogen (secondary N) is 1. The van der Waals surface area contributed by atoms with Gasteiger partial charge in [-0.1, -0.05) is 47.7 Å². The van der Waals surface area contributed by atoms with Crippen LogP contribution in [0, 0.1) is 18.3 Å². The molecule has 0 radical (unpaired) electrons. The van der Waals surface area contributed by atoms with E-state index in [1.54, 1.807) is 0 Å². The average molecular weight is 333 g/mol. The van der Waals surface area contributed by atoms with Crippen LogP contribution >= 0.6 is 11.8 Å². The molecule has 0 aliphatic heterocycles. The van der Waals surface area contributed by atoms with Crippen molar-refractivity contribution in [1.29, 1.82) is 5.26 Å². The van der Waals surface area contributed by atoms with Gasteiger partial charge in [-0.3, -0.25) is 4.79 Å². The number of aryl methyl sites for hydroxylation is 1. The molecule has 0 unspecified atom stereocenters. The minimum atomic E-state index is -0.122. The number of pyridine rings is 1. The van der Waals surface area contributed by atoms with Crippen molar-refractivity contribution < 1.29 is 4.79 Å². The first kappa shape index (κ1) is 16.0. The normalized spacial score (nSPS) is 10.3. The fourth-order valence-electron chi connectivity index (χ4n) is 2.26. The highest BCUT2D eigenvalue weighted by molar-refractivity contribution is 8.00. The van der Waals surface area contributed by atoms with Crippen molar-refractivity contribution in [2.75, 3.05) is 11.1 Å². The summed E-state index contributed by atoms with van der Waals surface area (Å²) in [5.41, 5.74) is 3.21. The minimum Gasteiger partial charge on any atom is -0.325 e. The van der Waals surface area contributed by atoms with E-state index in [0.717, 1.165) is 22.2 Å². The minimum absolute atomic E-state index is 0.122. The highest BCUT2D eigenvalue weighted by atomic mass is 32.2. The summed E-state index contributed by atoms with van der Waals surface area (Å²) in [6.45, 7) is 2.00. The van der Waals surface area contributed by atoms with E-state index < -0.39 is 0 Å². The van der Waals surface area contributed by atoms with Crippen LogP contribution in [0.5, 0.6) is 0 Å². The number of aromatic nitrogens is 1. The number of anilines is 1. The van der Waals surface area contributed by atoms with E-state index in [1.165, 1.54) is 11.8 Å². The number of benzene rings is 2. The first-order valence-electron chi connectivity index (χ1n) is 7.45. The Morgan fingerprint density at radius 1 is 1.21 bits per heavy atom. The maximum absolute atomic E-state index is 12.1. The molecule has 0 fully saturated rings. The molecule has 0 saturated heterocycles. The van der Waals surface area contributed by atoms with E-state index in [4.69, 9.17) is 0 Å². The van der Waals surface area contributed by atoms with Gasteiger partial charge in [-0.25, -0.2) is 4.98 Å². The SMILES string of the molecule is Cc1ccc(NC(=O)CSc2nc3ccccc3cc2C#N)cc1. The van der Waals surface area contributed by atoms with E-state index in [1.807, 2.05) is 61.5 Å². The highest BCUT2D eigenvalue weighted by Gasteiger charge is 2.10. The molecule has 3 aromatic rings. The molecule has 0 saturated carbocycles. The van der Waals surface area contributed by atoms with Crippen LogP contribution in [-0.2, 0) is 4.79 Å². The summed E-state index contributed by atoms with van der Waals surface area (Å²) in [6, 6.07) is 19.2. The van der Waals surface area contributed by atoms with E-state index in [0.29, 0.717) is 10.6 Å². The van der Waals surface area contributed by atoms with Gasteiger partial charge in [0, 0.05) is 11.1 Å². The molecule has 3 rings (SSSR count). The third-order valence-electron chi connectivity index (χ3n) is 3.48. The van der Waals surface area contributed by atoms with Gasteiger partial charge in [-0.05, 0) is 31.2 Å². The number of carbonyl (C=O) groups excluding carboxylic acids is 1. The molecule has 1 N–H and O–H groups in total. The van der Waals surface area contributed by atoms with Crippen molar-refractivity contribution in [3.8, 4) is 6.07 Å². The lowest BCUT2D eigenvalue weighted by Gasteiger charge is -2.07. The van der Waals surface area contributed by atoms with Crippen LogP contribution in [0.3, 0.4) is 0 Å². The van der Waals surface area contributed by atoms with Crippen LogP contribution in [0.25, 0.3) is 10.9 Å². The van der Waals surface area contributed by atoms with Gasteiger partial charge in [0.05, 0.1) is 16.8 Å². The maximum Gasteiger partial charge on any atom is 0.234 e. The third-order valence-corrected chi connectivity index (χ3v) is 4.48. The molecule has 1 heterocycles. The number of rotatable bonds is 4. The number of fused-ring (bicyclic) bond motifs is 1. The maximum atomic E-state index is 12.1. The number of hydrogen-bond acceptors (Lipinski definition) is 4. The number of carbonyl (C=O) groups is 1. The Labute approximate surface area is 144 Å². The summed E-state index contributed by atoms with van der Waals surface area (Å²) < 4.78 is 0. The standard InChI is InChI=1S/C19H15N3OS/c1-13-6-8-16(9-7-13)21-18(23)12-24-19-15(11-20)10-14-4-2-3-5-17(14)22-19/h2-10H,12H2,1H3,(H,21,23). The van der Waals surface area contributed by atoms with Crippen LogP contribution in [0.4, 0.5) is 5.69 Å². The first-order valence-corrected chi connectivity index (χ1v) is 8.43. The molecule has 118 valence electrons. The molecule has 5 heteroatoms. The molecule has 0 aliphatic rings. The van der Waals surface area contributed by atoms with Crippen LogP contribution in [0.2, 0.25) is 0 Å². The molecular weight excluding hydrogens is 318 g/mol. The molecule has 0 spiro atoms. The Kier molecular flexibility index (Phi) is 4.78. The monoisotopic (exact) mass is 333 g/mol. The van der Waals surface area contributed by atoms with Gasteiger partial charge in [-0.15, -0.1) is 0 Å².